The maximum Gasteiger partial charge on any atom is 0.0992 e. The molecule has 3 heteroatoms. The van der Waals surface area contributed by atoms with Crippen LogP contribution < -0.4 is 5.32 Å². The first-order valence-electron chi connectivity index (χ1n) is 6.07. The monoisotopic (exact) mass is 231 g/mol. The van der Waals surface area contributed by atoms with Gasteiger partial charge < -0.3 is 10.2 Å². The summed E-state index contributed by atoms with van der Waals surface area (Å²) in [5, 5.41) is 12.1. The van der Waals surface area contributed by atoms with Crippen molar-refractivity contribution in [3.05, 3.63) is 29.8 Å². The number of hydrogen-bond donors (Lipinski definition) is 1. The minimum Gasteiger partial charge on any atom is -0.385 e. The Morgan fingerprint density at radius 3 is 2.82 bits per heavy atom. The molecule has 0 bridgehead atoms. The summed E-state index contributed by atoms with van der Waals surface area (Å²) < 4.78 is 0. The van der Waals surface area contributed by atoms with Gasteiger partial charge in [-0.1, -0.05) is 6.07 Å². The predicted molar refractivity (Wildman–Crippen MR) is 72.0 cm³/mol. The van der Waals surface area contributed by atoms with E-state index in [1.165, 1.54) is 0 Å². The molecule has 0 saturated heterocycles. The van der Waals surface area contributed by atoms with Gasteiger partial charge in [-0.2, -0.15) is 5.26 Å². The minimum atomic E-state index is 0.594. The first-order valence-corrected chi connectivity index (χ1v) is 6.07. The van der Waals surface area contributed by atoms with Crippen LogP contribution >= 0.6 is 0 Å². The number of hydrogen-bond acceptors (Lipinski definition) is 3. The molecule has 0 aliphatic heterocycles. The third kappa shape index (κ3) is 4.88. The maximum atomic E-state index is 8.78. The first kappa shape index (κ1) is 13.5. The van der Waals surface area contributed by atoms with E-state index < -0.39 is 0 Å². The van der Waals surface area contributed by atoms with E-state index in [4.69, 9.17) is 5.26 Å². The van der Waals surface area contributed by atoms with Crippen LogP contribution in [0.5, 0.6) is 0 Å². The van der Waals surface area contributed by atoms with Crippen molar-refractivity contribution in [1.82, 2.24) is 4.90 Å². The zero-order chi connectivity index (χ0) is 12.7. The van der Waals surface area contributed by atoms with Gasteiger partial charge in [-0.15, -0.1) is 0 Å². The standard InChI is InChI=1S/C14H21N3/c1-12(2)17(3)9-5-8-16-14-7-4-6-13(10-14)11-15/h4,6-7,10,12,16H,5,8-9H2,1-3H3. The van der Waals surface area contributed by atoms with E-state index in [1.807, 2.05) is 24.3 Å². The third-order valence-corrected chi connectivity index (χ3v) is 2.89. The van der Waals surface area contributed by atoms with Crippen LogP contribution in [0.1, 0.15) is 25.8 Å². The van der Waals surface area contributed by atoms with Crippen molar-refractivity contribution in [2.45, 2.75) is 26.3 Å². The molecule has 1 aromatic carbocycles. The molecule has 0 aliphatic carbocycles. The highest BCUT2D eigenvalue weighted by Gasteiger charge is 2.01. The molecule has 0 heterocycles. The zero-order valence-corrected chi connectivity index (χ0v) is 10.9. The van der Waals surface area contributed by atoms with E-state index in [0.717, 1.165) is 25.2 Å². The number of nitrogens with zero attached hydrogens (tertiary/aromatic N) is 2. The molecule has 0 spiro atoms. The second kappa shape index (κ2) is 6.93. The summed E-state index contributed by atoms with van der Waals surface area (Å²) in [5.41, 5.74) is 1.73. The van der Waals surface area contributed by atoms with Crippen molar-refractivity contribution in [3.63, 3.8) is 0 Å². The number of anilines is 1. The average Bonchev–Trinajstić information content (AvgIpc) is 2.34. The van der Waals surface area contributed by atoms with E-state index in [9.17, 15) is 0 Å². The lowest BCUT2D eigenvalue weighted by molar-refractivity contribution is 0.273. The van der Waals surface area contributed by atoms with Crippen molar-refractivity contribution >= 4 is 5.69 Å². The Bertz CT molecular complexity index is 379. The summed E-state index contributed by atoms with van der Waals surface area (Å²) >= 11 is 0. The normalized spacial score (nSPS) is 10.6. The number of benzene rings is 1. The van der Waals surface area contributed by atoms with Crippen LogP contribution in [0.4, 0.5) is 5.69 Å². The Morgan fingerprint density at radius 2 is 2.18 bits per heavy atom. The van der Waals surface area contributed by atoms with Gasteiger partial charge >= 0.3 is 0 Å². The van der Waals surface area contributed by atoms with Crippen molar-refractivity contribution in [2.24, 2.45) is 0 Å². The Labute approximate surface area is 104 Å². The van der Waals surface area contributed by atoms with Crippen molar-refractivity contribution in [1.29, 1.82) is 5.26 Å². The van der Waals surface area contributed by atoms with Gasteiger partial charge in [0.25, 0.3) is 0 Å². The topological polar surface area (TPSA) is 39.1 Å². The molecular weight excluding hydrogens is 210 g/mol. The molecule has 0 aromatic heterocycles. The lowest BCUT2D eigenvalue weighted by Crippen LogP contribution is -2.28. The van der Waals surface area contributed by atoms with E-state index in [2.05, 4.69) is 37.2 Å². The fraction of sp³-hybridized carbons (Fsp3) is 0.500. The van der Waals surface area contributed by atoms with Crippen LogP contribution in [-0.4, -0.2) is 31.1 Å². The molecule has 0 fully saturated rings. The van der Waals surface area contributed by atoms with Crippen molar-refractivity contribution in [2.75, 3.05) is 25.5 Å². The molecular formula is C14H21N3. The lowest BCUT2D eigenvalue weighted by Gasteiger charge is -2.20. The summed E-state index contributed by atoms with van der Waals surface area (Å²) in [4.78, 5) is 2.33. The second-order valence-electron chi connectivity index (χ2n) is 4.55. The Hall–Kier alpha value is -1.53. The molecule has 17 heavy (non-hydrogen) atoms. The van der Waals surface area contributed by atoms with Gasteiger partial charge in [-0.05, 0) is 52.1 Å². The van der Waals surface area contributed by atoms with Gasteiger partial charge in [0.1, 0.15) is 0 Å². The highest BCUT2D eigenvalue weighted by Crippen LogP contribution is 2.09. The average molecular weight is 231 g/mol. The summed E-state index contributed by atoms with van der Waals surface area (Å²) in [6, 6.07) is 10.3. The molecule has 1 rings (SSSR count). The number of nitrogens with one attached hydrogen (secondary N) is 1. The highest BCUT2D eigenvalue weighted by atomic mass is 15.1. The lowest BCUT2D eigenvalue weighted by atomic mass is 10.2. The van der Waals surface area contributed by atoms with E-state index in [0.29, 0.717) is 11.6 Å². The van der Waals surface area contributed by atoms with Crippen LogP contribution in [-0.2, 0) is 0 Å². The van der Waals surface area contributed by atoms with Gasteiger partial charge in [0, 0.05) is 18.3 Å². The van der Waals surface area contributed by atoms with Crippen LogP contribution in [0.3, 0.4) is 0 Å². The molecule has 0 unspecified atom stereocenters. The Kier molecular flexibility index (Phi) is 5.51. The molecule has 92 valence electrons. The Balaban J connectivity index is 2.29. The molecule has 1 N–H and O–H groups in total. The summed E-state index contributed by atoms with van der Waals surface area (Å²) in [6.45, 7) is 6.42. The molecule has 0 amide bonds. The van der Waals surface area contributed by atoms with Gasteiger partial charge in [-0.3, -0.25) is 0 Å². The molecule has 0 atom stereocenters. The molecule has 0 aliphatic rings. The largest absolute Gasteiger partial charge is 0.385 e. The van der Waals surface area contributed by atoms with Gasteiger partial charge in [0.2, 0.25) is 0 Å². The van der Waals surface area contributed by atoms with Crippen LogP contribution in [0, 0.1) is 11.3 Å². The van der Waals surface area contributed by atoms with Gasteiger partial charge in [0.15, 0.2) is 0 Å². The predicted octanol–water partition coefficient (Wildman–Crippen LogP) is 2.70. The third-order valence-electron chi connectivity index (χ3n) is 2.89. The van der Waals surface area contributed by atoms with Crippen LogP contribution in [0.2, 0.25) is 0 Å². The van der Waals surface area contributed by atoms with Crippen LogP contribution in [0.25, 0.3) is 0 Å². The minimum absolute atomic E-state index is 0.594. The molecule has 1 aromatic rings. The Morgan fingerprint density at radius 1 is 1.41 bits per heavy atom. The van der Waals surface area contributed by atoms with Gasteiger partial charge in [-0.25, -0.2) is 0 Å². The van der Waals surface area contributed by atoms with Gasteiger partial charge in [0.05, 0.1) is 11.6 Å². The quantitative estimate of drug-likeness (QED) is 0.765. The summed E-state index contributed by atoms with van der Waals surface area (Å²) in [7, 11) is 2.14. The van der Waals surface area contributed by atoms with E-state index in [1.54, 1.807) is 0 Å². The highest BCUT2D eigenvalue weighted by molar-refractivity contribution is 5.48. The molecule has 0 radical (unpaired) electrons. The zero-order valence-electron chi connectivity index (χ0n) is 10.9. The van der Waals surface area contributed by atoms with Crippen molar-refractivity contribution < 1.29 is 0 Å². The van der Waals surface area contributed by atoms with Crippen LogP contribution in [0.15, 0.2) is 24.3 Å². The van der Waals surface area contributed by atoms with E-state index in [-0.39, 0.29) is 0 Å². The fourth-order valence-electron chi connectivity index (χ4n) is 1.52. The number of rotatable bonds is 6. The summed E-state index contributed by atoms with van der Waals surface area (Å²) in [5.74, 6) is 0. The van der Waals surface area contributed by atoms with Crippen molar-refractivity contribution in [3.8, 4) is 6.07 Å². The first-order chi connectivity index (χ1) is 8.13. The smallest absolute Gasteiger partial charge is 0.0992 e. The summed E-state index contributed by atoms with van der Waals surface area (Å²) in [6.07, 6.45) is 1.10. The maximum absolute atomic E-state index is 8.78. The number of nitriles is 1. The second-order valence-corrected chi connectivity index (χ2v) is 4.55. The fourth-order valence-corrected chi connectivity index (χ4v) is 1.52. The molecule has 0 saturated carbocycles. The SMILES string of the molecule is CC(C)N(C)CCCNc1cccc(C#N)c1. The van der Waals surface area contributed by atoms with E-state index >= 15 is 0 Å². The molecule has 3 nitrogen and oxygen atoms in total.